The molecule has 1 aromatic rings. The van der Waals surface area contributed by atoms with Gasteiger partial charge < -0.3 is 14.4 Å². The first kappa shape index (κ1) is 17.1. The number of likely N-dealkylation sites (tertiary alicyclic amines) is 1. The third-order valence-electron chi connectivity index (χ3n) is 5.29. The number of nitrogens with zero attached hydrogens (tertiary/aromatic N) is 2. The van der Waals surface area contributed by atoms with Crippen LogP contribution >= 0.6 is 0 Å². The summed E-state index contributed by atoms with van der Waals surface area (Å²) in [4.78, 5) is 16.8. The van der Waals surface area contributed by atoms with Gasteiger partial charge in [-0.1, -0.05) is 6.92 Å². The number of piperidine rings is 1. The Kier molecular flexibility index (Phi) is 5.29. The van der Waals surface area contributed by atoms with Crippen LogP contribution in [0.25, 0.3) is 0 Å². The van der Waals surface area contributed by atoms with Gasteiger partial charge in [0.1, 0.15) is 0 Å². The second-order valence-electron chi connectivity index (χ2n) is 7.00. The van der Waals surface area contributed by atoms with E-state index >= 15 is 0 Å². The molecular formula is C19H28N2O3. The predicted molar refractivity (Wildman–Crippen MR) is 93.5 cm³/mol. The maximum absolute atomic E-state index is 12.5. The molecule has 5 heteroatoms. The van der Waals surface area contributed by atoms with Gasteiger partial charge in [0.15, 0.2) is 11.5 Å². The lowest BCUT2D eigenvalue weighted by Crippen LogP contribution is -2.45. The van der Waals surface area contributed by atoms with Crippen LogP contribution in [-0.4, -0.2) is 56.1 Å². The molecule has 1 saturated heterocycles. The molecule has 0 unspecified atom stereocenters. The zero-order valence-electron chi connectivity index (χ0n) is 15.0. The molecule has 2 aliphatic heterocycles. The summed E-state index contributed by atoms with van der Waals surface area (Å²) in [7, 11) is 3.32. The van der Waals surface area contributed by atoms with E-state index in [1.165, 1.54) is 11.1 Å². The molecule has 2 heterocycles. The maximum atomic E-state index is 12.5. The van der Waals surface area contributed by atoms with Crippen molar-refractivity contribution in [1.82, 2.24) is 9.80 Å². The Morgan fingerprint density at radius 2 is 1.71 bits per heavy atom. The number of hydrogen-bond acceptors (Lipinski definition) is 4. The summed E-state index contributed by atoms with van der Waals surface area (Å²) in [6, 6.07) is 4.12. The van der Waals surface area contributed by atoms with Gasteiger partial charge in [0.2, 0.25) is 5.91 Å². The lowest BCUT2D eigenvalue weighted by Gasteiger charge is -2.34. The van der Waals surface area contributed by atoms with Crippen molar-refractivity contribution in [2.45, 2.75) is 32.7 Å². The van der Waals surface area contributed by atoms with Gasteiger partial charge in [-0.2, -0.15) is 0 Å². The van der Waals surface area contributed by atoms with E-state index in [0.29, 0.717) is 6.54 Å². The second-order valence-corrected chi connectivity index (χ2v) is 7.00. The molecule has 1 fully saturated rings. The number of fused-ring (bicyclic) bond motifs is 1. The predicted octanol–water partition coefficient (Wildman–Crippen LogP) is 2.32. The molecule has 0 aromatic heterocycles. The Bertz CT molecular complexity index is 595. The van der Waals surface area contributed by atoms with Crippen LogP contribution in [0.2, 0.25) is 0 Å². The number of amides is 1. The van der Waals surface area contributed by atoms with Gasteiger partial charge in [-0.15, -0.1) is 0 Å². The Balaban J connectivity index is 1.63. The van der Waals surface area contributed by atoms with Gasteiger partial charge in [0.05, 0.1) is 20.8 Å². The number of benzene rings is 1. The fraction of sp³-hybridized carbons (Fsp3) is 0.632. The molecule has 3 rings (SSSR count). The van der Waals surface area contributed by atoms with E-state index in [4.69, 9.17) is 9.47 Å². The summed E-state index contributed by atoms with van der Waals surface area (Å²) in [6.07, 6.45) is 3.21. The molecule has 24 heavy (non-hydrogen) atoms. The van der Waals surface area contributed by atoms with E-state index in [9.17, 15) is 4.79 Å². The Hall–Kier alpha value is -1.75. The summed E-state index contributed by atoms with van der Waals surface area (Å²) in [5.41, 5.74) is 2.53. The van der Waals surface area contributed by atoms with E-state index in [0.717, 1.165) is 62.9 Å². The first-order chi connectivity index (χ1) is 11.6. The SMILES string of the molecule is COc1cc2c(cc1OC)CN(CC(=O)N1CCC(C)CC1)CC2. The third-order valence-corrected chi connectivity index (χ3v) is 5.29. The summed E-state index contributed by atoms with van der Waals surface area (Å²) in [5.74, 6) is 2.56. The first-order valence-electron chi connectivity index (χ1n) is 8.84. The van der Waals surface area contributed by atoms with Crippen molar-refractivity contribution in [3.8, 4) is 11.5 Å². The van der Waals surface area contributed by atoms with Crippen LogP contribution in [0.5, 0.6) is 11.5 Å². The van der Waals surface area contributed by atoms with Crippen LogP contribution < -0.4 is 9.47 Å². The van der Waals surface area contributed by atoms with Gasteiger partial charge in [-0.05, 0) is 48.4 Å². The fourth-order valence-electron chi connectivity index (χ4n) is 3.63. The number of rotatable bonds is 4. The molecule has 0 atom stereocenters. The zero-order chi connectivity index (χ0) is 17.1. The summed E-state index contributed by atoms with van der Waals surface area (Å²) in [6.45, 7) is 6.32. The summed E-state index contributed by atoms with van der Waals surface area (Å²) < 4.78 is 10.8. The van der Waals surface area contributed by atoms with Crippen LogP contribution in [0.15, 0.2) is 12.1 Å². The topological polar surface area (TPSA) is 42.0 Å². The molecule has 2 aliphatic rings. The largest absolute Gasteiger partial charge is 0.493 e. The van der Waals surface area contributed by atoms with Crippen molar-refractivity contribution in [3.05, 3.63) is 23.3 Å². The zero-order valence-corrected chi connectivity index (χ0v) is 15.0. The van der Waals surface area contributed by atoms with E-state index in [1.54, 1.807) is 14.2 Å². The third kappa shape index (κ3) is 3.66. The molecule has 0 N–H and O–H groups in total. The van der Waals surface area contributed by atoms with Gasteiger partial charge in [0.25, 0.3) is 0 Å². The van der Waals surface area contributed by atoms with Crippen molar-refractivity contribution in [1.29, 1.82) is 0 Å². The highest BCUT2D eigenvalue weighted by Crippen LogP contribution is 2.33. The molecular weight excluding hydrogens is 304 g/mol. The molecule has 0 aliphatic carbocycles. The van der Waals surface area contributed by atoms with Crippen LogP contribution in [0.3, 0.4) is 0 Å². The van der Waals surface area contributed by atoms with E-state index < -0.39 is 0 Å². The minimum atomic E-state index is 0.269. The van der Waals surface area contributed by atoms with Crippen molar-refractivity contribution in [2.24, 2.45) is 5.92 Å². The van der Waals surface area contributed by atoms with Crippen LogP contribution in [-0.2, 0) is 17.8 Å². The molecule has 0 spiro atoms. The fourth-order valence-corrected chi connectivity index (χ4v) is 3.63. The monoisotopic (exact) mass is 332 g/mol. The van der Waals surface area contributed by atoms with Crippen molar-refractivity contribution < 1.29 is 14.3 Å². The van der Waals surface area contributed by atoms with E-state index in [2.05, 4.69) is 17.9 Å². The quantitative estimate of drug-likeness (QED) is 0.849. The molecule has 0 radical (unpaired) electrons. The first-order valence-corrected chi connectivity index (χ1v) is 8.84. The highest BCUT2D eigenvalue weighted by atomic mass is 16.5. The molecule has 132 valence electrons. The minimum Gasteiger partial charge on any atom is -0.493 e. The maximum Gasteiger partial charge on any atom is 0.236 e. The van der Waals surface area contributed by atoms with E-state index in [-0.39, 0.29) is 5.91 Å². The highest BCUT2D eigenvalue weighted by molar-refractivity contribution is 5.78. The molecule has 0 bridgehead atoms. The second kappa shape index (κ2) is 7.43. The van der Waals surface area contributed by atoms with E-state index in [1.807, 2.05) is 11.0 Å². The standard InChI is InChI=1S/C19H28N2O3/c1-14-4-8-21(9-5-14)19(22)13-20-7-6-15-10-17(23-2)18(24-3)11-16(15)12-20/h10-11,14H,4-9,12-13H2,1-3H3. The average molecular weight is 332 g/mol. The van der Waals surface area contributed by atoms with Crippen molar-refractivity contribution in [2.75, 3.05) is 40.4 Å². The highest BCUT2D eigenvalue weighted by Gasteiger charge is 2.25. The van der Waals surface area contributed by atoms with Gasteiger partial charge in [0, 0.05) is 26.2 Å². The van der Waals surface area contributed by atoms with Crippen molar-refractivity contribution >= 4 is 5.91 Å². The van der Waals surface area contributed by atoms with Crippen LogP contribution in [0.1, 0.15) is 30.9 Å². The van der Waals surface area contributed by atoms with Crippen LogP contribution in [0.4, 0.5) is 0 Å². The van der Waals surface area contributed by atoms with Gasteiger partial charge >= 0.3 is 0 Å². The number of carbonyl (C=O) groups excluding carboxylic acids is 1. The number of methoxy groups -OCH3 is 2. The molecule has 0 saturated carbocycles. The normalized spacial score (nSPS) is 19.0. The molecule has 1 amide bonds. The smallest absolute Gasteiger partial charge is 0.236 e. The minimum absolute atomic E-state index is 0.269. The average Bonchev–Trinajstić information content (AvgIpc) is 2.60. The lowest BCUT2D eigenvalue weighted by atomic mass is 9.98. The Morgan fingerprint density at radius 3 is 2.33 bits per heavy atom. The molecule has 5 nitrogen and oxygen atoms in total. The number of ether oxygens (including phenoxy) is 2. The lowest BCUT2D eigenvalue weighted by molar-refractivity contribution is -0.134. The van der Waals surface area contributed by atoms with Gasteiger partial charge in [-0.3, -0.25) is 9.69 Å². The van der Waals surface area contributed by atoms with Gasteiger partial charge in [-0.25, -0.2) is 0 Å². The van der Waals surface area contributed by atoms with Crippen LogP contribution in [0, 0.1) is 5.92 Å². The number of carbonyl (C=O) groups is 1. The Labute approximate surface area is 144 Å². The summed E-state index contributed by atoms with van der Waals surface area (Å²) in [5, 5.41) is 0. The number of hydrogen-bond donors (Lipinski definition) is 0. The van der Waals surface area contributed by atoms with Crippen molar-refractivity contribution in [3.63, 3.8) is 0 Å². The Morgan fingerprint density at radius 1 is 1.08 bits per heavy atom. The summed E-state index contributed by atoms with van der Waals surface area (Å²) >= 11 is 0. The molecule has 1 aromatic carbocycles.